The van der Waals surface area contributed by atoms with Crippen molar-refractivity contribution in [3.8, 4) is 6.07 Å². The van der Waals surface area contributed by atoms with Gasteiger partial charge in [0.25, 0.3) is 0 Å². The van der Waals surface area contributed by atoms with E-state index in [2.05, 4.69) is 22.0 Å². The molecular formula is C14H17BrN2O2. The number of benzene rings is 1. The number of halogens is 1. The Labute approximate surface area is 121 Å². The van der Waals surface area contributed by atoms with Gasteiger partial charge in [0.15, 0.2) is 0 Å². The van der Waals surface area contributed by atoms with Gasteiger partial charge < -0.3 is 14.7 Å². The van der Waals surface area contributed by atoms with Crippen molar-refractivity contribution in [3.05, 3.63) is 28.2 Å². The lowest BCUT2D eigenvalue weighted by Crippen LogP contribution is -2.45. The molecule has 0 aliphatic carbocycles. The third-order valence-electron chi connectivity index (χ3n) is 3.45. The van der Waals surface area contributed by atoms with E-state index in [-0.39, 0.29) is 0 Å². The quantitative estimate of drug-likeness (QED) is 0.926. The van der Waals surface area contributed by atoms with Crippen LogP contribution in [0.3, 0.4) is 0 Å². The molecule has 0 bridgehead atoms. The summed E-state index contributed by atoms with van der Waals surface area (Å²) >= 11 is 3.41. The van der Waals surface area contributed by atoms with Crippen molar-refractivity contribution in [2.75, 3.05) is 31.7 Å². The highest BCUT2D eigenvalue weighted by molar-refractivity contribution is 9.10. The van der Waals surface area contributed by atoms with Crippen LogP contribution >= 0.6 is 15.9 Å². The van der Waals surface area contributed by atoms with Gasteiger partial charge in [-0.2, -0.15) is 5.26 Å². The normalized spacial score (nSPS) is 17.8. The van der Waals surface area contributed by atoms with Crippen LogP contribution in [0.25, 0.3) is 0 Å². The van der Waals surface area contributed by atoms with Gasteiger partial charge in [0.2, 0.25) is 0 Å². The summed E-state index contributed by atoms with van der Waals surface area (Å²) in [6, 6.07) is 7.72. The summed E-state index contributed by atoms with van der Waals surface area (Å²) in [5, 5.41) is 19.7. The zero-order valence-electron chi connectivity index (χ0n) is 10.9. The van der Waals surface area contributed by atoms with Crippen LogP contribution in [0.4, 0.5) is 5.69 Å². The van der Waals surface area contributed by atoms with Crippen LogP contribution in [-0.4, -0.2) is 37.5 Å². The molecule has 0 unspecified atom stereocenters. The Kier molecular flexibility index (Phi) is 4.46. The molecule has 1 aliphatic rings. The fourth-order valence-electron chi connectivity index (χ4n) is 2.35. The van der Waals surface area contributed by atoms with E-state index in [0.29, 0.717) is 38.2 Å². The molecular weight excluding hydrogens is 308 g/mol. The Morgan fingerprint density at radius 1 is 1.47 bits per heavy atom. The number of likely N-dealkylation sites (N-methyl/N-ethyl adjacent to an activating group) is 1. The molecule has 0 spiro atoms. The first-order valence-electron chi connectivity index (χ1n) is 6.25. The number of aliphatic hydroxyl groups is 1. The van der Waals surface area contributed by atoms with E-state index in [9.17, 15) is 5.11 Å². The monoisotopic (exact) mass is 324 g/mol. The molecule has 1 aromatic rings. The maximum atomic E-state index is 10.5. The van der Waals surface area contributed by atoms with Gasteiger partial charge in [-0.1, -0.05) is 15.9 Å². The van der Waals surface area contributed by atoms with Gasteiger partial charge in [0.05, 0.1) is 16.9 Å². The maximum Gasteiger partial charge on any atom is 0.101 e. The van der Waals surface area contributed by atoms with Crippen LogP contribution in [0.15, 0.2) is 22.7 Å². The molecule has 0 aromatic heterocycles. The second-order valence-electron chi connectivity index (χ2n) is 4.97. The fraction of sp³-hybridized carbons (Fsp3) is 0.500. The number of hydrogen-bond donors (Lipinski definition) is 1. The number of hydrogen-bond acceptors (Lipinski definition) is 4. The number of rotatable bonds is 3. The van der Waals surface area contributed by atoms with Crippen molar-refractivity contribution >= 4 is 21.6 Å². The van der Waals surface area contributed by atoms with Crippen LogP contribution < -0.4 is 4.90 Å². The second kappa shape index (κ2) is 5.91. The molecule has 1 aliphatic heterocycles. The van der Waals surface area contributed by atoms with Crippen LogP contribution in [-0.2, 0) is 4.74 Å². The van der Waals surface area contributed by atoms with Crippen LogP contribution in [0.5, 0.6) is 0 Å². The lowest BCUT2D eigenvalue weighted by molar-refractivity contribution is -0.0572. The van der Waals surface area contributed by atoms with Gasteiger partial charge in [0.1, 0.15) is 6.07 Å². The van der Waals surface area contributed by atoms with E-state index in [0.717, 1.165) is 10.2 Å². The van der Waals surface area contributed by atoms with Crippen LogP contribution in [0, 0.1) is 11.3 Å². The highest BCUT2D eigenvalue weighted by Crippen LogP contribution is 2.28. The Morgan fingerprint density at radius 2 is 2.16 bits per heavy atom. The molecule has 1 N–H and O–H groups in total. The van der Waals surface area contributed by atoms with Crippen molar-refractivity contribution in [2.45, 2.75) is 18.4 Å². The van der Waals surface area contributed by atoms with E-state index in [4.69, 9.17) is 10.00 Å². The molecule has 0 radical (unpaired) electrons. The molecule has 0 saturated carbocycles. The SMILES string of the molecule is CN(CC1(O)CCOCC1)c1cc(Br)ccc1C#N. The summed E-state index contributed by atoms with van der Waals surface area (Å²) in [5.74, 6) is 0. The number of nitrogens with zero attached hydrogens (tertiary/aromatic N) is 2. The fourth-order valence-corrected chi connectivity index (χ4v) is 2.70. The van der Waals surface area contributed by atoms with Crippen molar-refractivity contribution in [1.29, 1.82) is 5.26 Å². The van der Waals surface area contributed by atoms with Crippen molar-refractivity contribution in [3.63, 3.8) is 0 Å². The minimum Gasteiger partial charge on any atom is -0.388 e. The summed E-state index contributed by atoms with van der Waals surface area (Å²) in [4.78, 5) is 1.94. The largest absolute Gasteiger partial charge is 0.388 e. The smallest absolute Gasteiger partial charge is 0.101 e. The van der Waals surface area contributed by atoms with Gasteiger partial charge in [-0.25, -0.2) is 0 Å². The number of nitriles is 1. The van der Waals surface area contributed by atoms with Crippen LogP contribution in [0.2, 0.25) is 0 Å². The summed E-state index contributed by atoms with van der Waals surface area (Å²) in [6.07, 6.45) is 1.26. The van der Waals surface area contributed by atoms with E-state index >= 15 is 0 Å². The first-order chi connectivity index (χ1) is 9.04. The molecule has 102 valence electrons. The molecule has 0 atom stereocenters. The Balaban J connectivity index is 2.17. The molecule has 0 amide bonds. The molecule has 19 heavy (non-hydrogen) atoms. The molecule has 1 aromatic carbocycles. The molecule has 2 rings (SSSR count). The predicted molar refractivity (Wildman–Crippen MR) is 77.1 cm³/mol. The lowest BCUT2D eigenvalue weighted by Gasteiger charge is -2.36. The maximum absolute atomic E-state index is 10.5. The van der Waals surface area contributed by atoms with E-state index < -0.39 is 5.60 Å². The zero-order valence-corrected chi connectivity index (χ0v) is 12.5. The van der Waals surface area contributed by atoms with Crippen molar-refractivity contribution in [2.24, 2.45) is 0 Å². The van der Waals surface area contributed by atoms with Gasteiger partial charge in [-0.05, 0) is 18.2 Å². The van der Waals surface area contributed by atoms with Crippen LogP contribution in [0.1, 0.15) is 18.4 Å². The standard InChI is InChI=1S/C14H17BrN2O2/c1-17(10-14(18)4-6-19-7-5-14)13-8-12(15)3-2-11(13)9-16/h2-3,8,18H,4-7,10H2,1H3. The van der Waals surface area contributed by atoms with Crippen molar-refractivity contribution < 1.29 is 9.84 Å². The summed E-state index contributed by atoms with van der Waals surface area (Å²) in [5.41, 5.74) is 0.709. The Morgan fingerprint density at radius 3 is 2.79 bits per heavy atom. The molecule has 1 fully saturated rings. The first kappa shape index (κ1) is 14.3. The highest BCUT2D eigenvalue weighted by Gasteiger charge is 2.31. The lowest BCUT2D eigenvalue weighted by atomic mass is 9.93. The first-order valence-corrected chi connectivity index (χ1v) is 7.04. The molecule has 1 heterocycles. The highest BCUT2D eigenvalue weighted by atomic mass is 79.9. The minimum atomic E-state index is -0.734. The second-order valence-corrected chi connectivity index (χ2v) is 5.88. The Bertz CT molecular complexity index is 493. The summed E-state index contributed by atoms with van der Waals surface area (Å²) in [6.45, 7) is 1.68. The van der Waals surface area contributed by atoms with E-state index in [1.54, 1.807) is 6.07 Å². The van der Waals surface area contributed by atoms with Crippen molar-refractivity contribution in [1.82, 2.24) is 0 Å². The predicted octanol–water partition coefficient (Wildman–Crippen LogP) is 2.30. The number of anilines is 1. The summed E-state index contributed by atoms with van der Waals surface area (Å²) < 4.78 is 6.20. The number of ether oxygens (including phenoxy) is 1. The molecule has 5 heteroatoms. The van der Waals surface area contributed by atoms with E-state index in [1.165, 1.54) is 0 Å². The van der Waals surface area contributed by atoms with Gasteiger partial charge in [-0.15, -0.1) is 0 Å². The van der Waals surface area contributed by atoms with E-state index in [1.807, 2.05) is 24.1 Å². The Hall–Kier alpha value is -1.09. The van der Waals surface area contributed by atoms with Gasteiger partial charge in [-0.3, -0.25) is 0 Å². The zero-order chi connectivity index (χ0) is 13.9. The summed E-state index contributed by atoms with van der Waals surface area (Å²) in [7, 11) is 1.90. The molecule has 1 saturated heterocycles. The molecule has 4 nitrogen and oxygen atoms in total. The minimum absolute atomic E-state index is 0.501. The topological polar surface area (TPSA) is 56.5 Å². The van der Waals surface area contributed by atoms with Gasteiger partial charge >= 0.3 is 0 Å². The third kappa shape index (κ3) is 3.47. The average Bonchev–Trinajstić information content (AvgIpc) is 2.39. The third-order valence-corrected chi connectivity index (χ3v) is 3.94. The average molecular weight is 325 g/mol. The van der Waals surface area contributed by atoms with Gasteiger partial charge in [0, 0.05) is 44.1 Å².